The molecular formula is C27H36FN5O3. The van der Waals surface area contributed by atoms with Crippen LogP contribution in [-0.4, -0.2) is 65.4 Å². The highest BCUT2D eigenvalue weighted by Gasteiger charge is 2.29. The van der Waals surface area contributed by atoms with Gasteiger partial charge in [0.05, 0.1) is 11.1 Å². The van der Waals surface area contributed by atoms with Crippen LogP contribution in [0.5, 0.6) is 0 Å². The highest BCUT2D eigenvalue weighted by atomic mass is 19.1. The summed E-state index contributed by atoms with van der Waals surface area (Å²) < 4.78 is 13.8. The molecule has 8 nitrogen and oxygen atoms in total. The van der Waals surface area contributed by atoms with Crippen LogP contribution in [0.1, 0.15) is 66.5 Å². The van der Waals surface area contributed by atoms with Crippen molar-refractivity contribution in [3.05, 3.63) is 52.1 Å². The maximum Gasteiger partial charge on any atom is 0.324 e. The number of aromatic nitrogens is 1. The number of nitrogens with zero attached hydrogens (tertiary/aromatic N) is 2. The molecular weight excluding hydrogens is 461 g/mol. The fraction of sp³-hybridized carbons (Fsp3) is 0.444. The molecule has 4 amide bonds. The summed E-state index contributed by atoms with van der Waals surface area (Å²) >= 11 is 0. The Kier molecular flexibility index (Phi) is 9.03. The molecule has 0 saturated heterocycles. The Bertz CT molecular complexity index is 1170. The molecule has 0 aliphatic carbocycles. The van der Waals surface area contributed by atoms with Gasteiger partial charge in [0.15, 0.2) is 0 Å². The van der Waals surface area contributed by atoms with E-state index < -0.39 is 17.8 Å². The molecule has 0 spiro atoms. The molecule has 1 aliphatic rings. The normalized spacial score (nSPS) is 13.8. The number of anilines is 1. The molecule has 0 radical (unpaired) electrons. The highest BCUT2D eigenvalue weighted by molar-refractivity contribution is 6.35. The van der Waals surface area contributed by atoms with Gasteiger partial charge in [-0.3, -0.25) is 14.5 Å². The largest absolute Gasteiger partial charge is 0.358 e. The van der Waals surface area contributed by atoms with E-state index in [0.717, 1.165) is 25.9 Å². The maximum absolute atomic E-state index is 13.8. The Labute approximate surface area is 211 Å². The van der Waals surface area contributed by atoms with Crippen molar-refractivity contribution in [2.45, 2.75) is 47.5 Å². The van der Waals surface area contributed by atoms with Gasteiger partial charge in [0.1, 0.15) is 5.82 Å². The van der Waals surface area contributed by atoms with E-state index in [1.165, 1.54) is 23.1 Å². The lowest BCUT2D eigenvalue weighted by atomic mass is 10.0. The monoisotopic (exact) mass is 497 g/mol. The molecule has 2 heterocycles. The van der Waals surface area contributed by atoms with Crippen LogP contribution in [0.15, 0.2) is 18.2 Å². The lowest BCUT2D eigenvalue weighted by molar-refractivity contribution is -0.110. The van der Waals surface area contributed by atoms with E-state index in [4.69, 9.17) is 0 Å². The summed E-state index contributed by atoms with van der Waals surface area (Å²) in [5.74, 6) is -1.18. The third kappa shape index (κ3) is 5.84. The van der Waals surface area contributed by atoms with Gasteiger partial charge in [0.25, 0.3) is 11.8 Å². The third-order valence-corrected chi connectivity index (χ3v) is 6.57. The molecule has 0 fully saturated rings. The number of likely N-dealkylation sites (N-methyl/N-ethyl adjacent to an activating group) is 1. The average Bonchev–Trinajstić information content (AvgIpc) is 3.31. The van der Waals surface area contributed by atoms with E-state index in [0.29, 0.717) is 52.4 Å². The Balaban J connectivity index is 1.94. The number of imide groups is 1. The molecule has 3 N–H and O–H groups in total. The predicted molar refractivity (Wildman–Crippen MR) is 140 cm³/mol. The molecule has 3 rings (SSSR count). The van der Waals surface area contributed by atoms with Crippen molar-refractivity contribution >= 4 is 35.2 Å². The second-order valence-corrected chi connectivity index (χ2v) is 8.93. The first-order valence-electron chi connectivity index (χ1n) is 12.6. The van der Waals surface area contributed by atoms with Crippen molar-refractivity contribution in [2.24, 2.45) is 0 Å². The first-order chi connectivity index (χ1) is 17.2. The summed E-state index contributed by atoms with van der Waals surface area (Å²) in [5, 5.41) is 5.59. The Morgan fingerprint density at radius 2 is 1.83 bits per heavy atom. The topological polar surface area (TPSA) is 97.5 Å². The fourth-order valence-electron chi connectivity index (χ4n) is 4.37. The zero-order valence-electron chi connectivity index (χ0n) is 21.8. The lowest BCUT2D eigenvalue weighted by Crippen LogP contribution is -2.47. The van der Waals surface area contributed by atoms with Crippen molar-refractivity contribution in [3.8, 4) is 0 Å². The number of hydrogen-bond acceptors (Lipinski definition) is 4. The number of urea groups is 1. The smallest absolute Gasteiger partial charge is 0.324 e. The summed E-state index contributed by atoms with van der Waals surface area (Å²) in [5.41, 5.74) is 3.49. The first kappa shape index (κ1) is 27.1. The number of fused-ring (bicyclic) bond motifs is 1. The van der Waals surface area contributed by atoms with Crippen molar-refractivity contribution in [1.29, 1.82) is 0 Å². The summed E-state index contributed by atoms with van der Waals surface area (Å²) in [6.07, 6.45) is 3.39. The van der Waals surface area contributed by atoms with Gasteiger partial charge in [-0.05, 0) is 63.2 Å². The predicted octanol–water partition coefficient (Wildman–Crippen LogP) is 4.56. The molecule has 1 aliphatic heterocycles. The number of rotatable bonds is 10. The standard InChI is InChI=1S/C27H36FN5O3/c1-6-9-12-29-27(36)33(14-13-32(7-2)8-3)26(35)24-17(4)23(30-18(24)5)16-21-20-15-19(28)10-11-22(20)31-25(21)34/h10-11,15-16,30H,6-9,12-14H2,1-5H3,(H,29,36)(H,31,34)/b21-16-. The molecule has 0 saturated carbocycles. The number of H-pyrrole nitrogens is 1. The van der Waals surface area contributed by atoms with Crippen molar-refractivity contribution < 1.29 is 18.8 Å². The van der Waals surface area contributed by atoms with Crippen molar-refractivity contribution in [1.82, 2.24) is 20.1 Å². The van der Waals surface area contributed by atoms with Crippen LogP contribution in [0.25, 0.3) is 11.6 Å². The number of amides is 4. The molecule has 194 valence electrons. The molecule has 0 atom stereocenters. The van der Waals surface area contributed by atoms with E-state index in [-0.39, 0.29) is 12.5 Å². The Hall–Kier alpha value is -3.46. The zero-order chi connectivity index (χ0) is 26.4. The van der Waals surface area contributed by atoms with E-state index in [9.17, 15) is 18.8 Å². The number of carbonyl (C=O) groups excluding carboxylic acids is 3. The van der Waals surface area contributed by atoms with Gasteiger partial charge in [0, 0.05) is 42.3 Å². The van der Waals surface area contributed by atoms with Gasteiger partial charge in [-0.15, -0.1) is 0 Å². The van der Waals surface area contributed by atoms with E-state index in [1.54, 1.807) is 19.9 Å². The lowest BCUT2D eigenvalue weighted by Gasteiger charge is -2.25. The Morgan fingerprint density at radius 3 is 2.50 bits per heavy atom. The number of benzene rings is 1. The van der Waals surface area contributed by atoms with Crippen LogP contribution in [0.4, 0.5) is 14.9 Å². The number of unbranched alkanes of at least 4 members (excludes halogenated alkanes) is 1. The van der Waals surface area contributed by atoms with Crippen LogP contribution in [0, 0.1) is 19.7 Å². The molecule has 36 heavy (non-hydrogen) atoms. The number of hydrogen-bond donors (Lipinski definition) is 3. The van der Waals surface area contributed by atoms with E-state index in [2.05, 4.69) is 20.5 Å². The molecule has 0 unspecified atom stereocenters. The maximum atomic E-state index is 13.8. The molecule has 1 aromatic carbocycles. The Morgan fingerprint density at radius 1 is 1.11 bits per heavy atom. The van der Waals surface area contributed by atoms with E-state index in [1.807, 2.05) is 20.8 Å². The summed E-state index contributed by atoms with van der Waals surface area (Å²) in [4.78, 5) is 45.9. The van der Waals surface area contributed by atoms with Crippen LogP contribution in [0.2, 0.25) is 0 Å². The van der Waals surface area contributed by atoms with Gasteiger partial charge >= 0.3 is 6.03 Å². The van der Waals surface area contributed by atoms with Crippen molar-refractivity contribution in [2.75, 3.05) is 38.0 Å². The second-order valence-electron chi connectivity index (χ2n) is 8.93. The highest BCUT2D eigenvalue weighted by Crippen LogP contribution is 2.34. The third-order valence-electron chi connectivity index (χ3n) is 6.57. The molecule has 0 bridgehead atoms. The average molecular weight is 498 g/mol. The van der Waals surface area contributed by atoms with Crippen molar-refractivity contribution in [3.63, 3.8) is 0 Å². The minimum Gasteiger partial charge on any atom is -0.358 e. The van der Waals surface area contributed by atoms with Crippen LogP contribution in [0.3, 0.4) is 0 Å². The number of aryl methyl sites for hydroxylation is 1. The van der Waals surface area contributed by atoms with Crippen LogP contribution < -0.4 is 10.6 Å². The minimum atomic E-state index is -0.440. The number of carbonyl (C=O) groups is 3. The van der Waals surface area contributed by atoms with Gasteiger partial charge in [-0.2, -0.15) is 0 Å². The number of halogens is 1. The van der Waals surface area contributed by atoms with Gasteiger partial charge < -0.3 is 20.5 Å². The van der Waals surface area contributed by atoms with E-state index >= 15 is 0 Å². The van der Waals surface area contributed by atoms with Gasteiger partial charge in [-0.25, -0.2) is 9.18 Å². The number of aromatic amines is 1. The molecule has 2 aromatic rings. The second kappa shape index (κ2) is 12.0. The van der Waals surface area contributed by atoms with Gasteiger partial charge in [0.2, 0.25) is 0 Å². The summed E-state index contributed by atoms with van der Waals surface area (Å²) in [6.45, 7) is 12.6. The van der Waals surface area contributed by atoms with Crippen LogP contribution in [-0.2, 0) is 4.79 Å². The first-order valence-corrected chi connectivity index (χ1v) is 12.6. The minimum absolute atomic E-state index is 0.258. The quantitative estimate of drug-likeness (QED) is 0.331. The van der Waals surface area contributed by atoms with Crippen LogP contribution >= 0.6 is 0 Å². The summed E-state index contributed by atoms with van der Waals surface area (Å²) in [7, 11) is 0. The fourth-order valence-corrected chi connectivity index (χ4v) is 4.37. The SMILES string of the molecule is CCCCNC(=O)N(CCN(CC)CC)C(=O)c1c(C)[nH]c(/C=C2\C(=O)Nc3ccc(F)cc32)c1C. The van der Waals surface area contributed by atoms with Gasteiger partial charge in [-0.1, -0.05) is 27.2 Å². The number of nitrogens with one attached hydrogen (secondary N) is 3. The zero-order valence-corrected chi connectivity index (χ0v) is 21.8. The molecule has 1 aromatic heterocycles. The molecule has 9 heteroatoms. The summed E-state index contributed by atoms with van der Waals surface area (Å²) in [6, 6.07) is 3.71.